The van der Waals surface area contributed by atoms with Gasteiger partial charge < -0.3 is 4.74 Å². The first-order valence-electron chi connectivity index (χ1n) is 10.3. The van der Waals surface area contributed by atoms with Crippen molar-refractivity contribution >= 4 is 40.0 Å². The molecule has 0 aliphatic heterocycles. The van der Waals surface area contributed by atoms with Gasteiger partial charge in [0.1, 0.15) is 0 Å². The van der Waals surface area contributed by atoms with E-state index in [9.17, 15) is 0 Å². The second-order valence-electron chi connectivity index (χ2n) is 6.79. The van der Waals surface area contributed by atoms with Gasteiger partial charge in [0, 0.05) is 0 Å². The van der Waals surface area contributed by atoms with Gasteiger partial charge in [-0.25, -0.2) is 0 Å². The molecule has 0 spiro atoms. The zero-order valence-corrected chi connectivity index (χ0v) is 17.6. The summed E-state index contributed by atoms with van der Waals surface area (Å²) in [7, 11) is -4.67. The second-order valence-corrected chi connectivity index (χ2v) is 7.68. The first-order chi connectivity index (χ1) is 12.4. The predicted molar refractivity (Wildman–Crippen MR) is 117 cm³/mol. The third-order valence-corrected chi connectivity index (χ3v) is 4.23. The van der Waals surface area contributed by atoms with E-state index in [1.807, 2.05) is 0 Å². The van der Waals surface area contributed by atoms with E-state index in [2.05, 4.69) is 13.5 Å². The Balaban J connectivity index is -0.000000844. The van der Waals surface area contributed by atoms with E-state index >= 15 is 0 Å². The summed E-state index contributed by atoms with van der Waals surface area (Å²) in [5.74, 6) is 0. The number of hydrogen-bond acceptors (Lipinski definition) is 3. The van der Waals surface area contributed by atoms with Gasteiger partial charge >= 0.3 is 40.0 Å². The van der Waals surface area contributed by atoms with Crippen LogP contribution in [0.4, 0.5) is 0 Å². The Morgan fingerprint density at radius 3 is 1.22 bits per heavy atom. The van der Waals surface area contributed by atoms with Crippen molar-refractivity contribution in [2.24, 2.45) is 0 Å². The molecule has 160 valence electrons. The van der Waals surface area contributed by atoms with Gasteiger partial charge in [-0.05, 0) is 6.42 Å². The molecule has 0 aromatic rings. The first-order valence-corrected chi connectivity index (χ1v) is 11.7. The van der Waals surface area contributed by atoms with Gasteiger partial charge in [-0.3, -0.25) is 9.11 Å². The van der Waals surface area contributed by atoms with Crippen molar-refractivity contribution in [2.75, 3.05) is 6.61 Å². The Morgan fingerprint density at radius 2 is 0.963 bits per heavy atom. The van der Waals surface area contributed by atoms with Crippen LogP contribution in [0.2, 0.25) is 0 Å². The molecule has 7 heteroatoms. The van der Waals surface area contributed by atoms with Crippen LogP contribution in [0.3, 0.4) is 0 Å². The van der Waals surface area contributed by atoms with Crippen LogP contribution in [0.1, 0.15) is 110 Å². The molecule has 0 radical (unpaired) electrons. The van der Waals surface area contributed by atoms with E-state index in [4.69, 9.17) is 22.3 Å². The molecular formula is C20H43NaO5S. The Bertz CT molecular complexity index is 367. The Labute approximate surface area is 190 Å². The molecule has 27 heavy (non-hydrogen) atoms. The fourth-order valence-corrected chi connectivity index (χ4v) is 2.82. The maximum absolute atomic E-state index is 8.74. The molecule has 0 aliphatic rings. The van der Waals surface area contributed by atoms with Crippen molar-refractivity contribution in [1.29, 1.82) is 0 Å². The standard InChI is InChI=1S/C20H40O.Na.H2O4S.H/c1-3-5-6-7-8-9-10-11-12-13-14-15-16-17-18-19-20-21-4-2;;1-5(2,3)4;/h4H,2-3,5-20H2,1H3;;(H2,1,2,3,4);. The minimum absolute atomic E-state index is 0. The second kappa shape index (κ2) is 26.4. The molecule has 0 saturated heterocycles. The molecule has 0 amide bonds. The molecule has 0 bridgehead atoms. The topological polar surface area (TPSA) is 83.8 Å². The molecule has 0 aromatic heterocycles. The van der Waals surface area contributed by atoms with Crippen molar-refractivity contribution < 1.29 is 22.3 Å². The van der Waals surface area contributed by atoms with Crippen LogP contribution >= 0.6 is 0 Å². The summed E-state index contributed by atoms with van der Waals surface area (Å²) >= 11 is 0. The molecule has 0 saturated carbocycles. The fraction of sp³-hybridized carbons (Fsp3) is 0.900. The molecule has 5 nitrogen and oxygen atoms in total. The summed E-state index contributed by atoms with van der Waals surface area (Å²) in [6, 6.07) is 0. The number of ether oxygens (including phenoxy) is 1. The van der Waals surface area contributed by atoms with Crippen molar-refractivity contribution in [1.82, 2.24) is 0 Å². The molecule has 0 atom stereocenters. The average molecular weight is 419 g/mol. The Kier molecular flexibility index (Phi) is 31.4. The summed E-state index contributed by atoms with van der Waals surface area (Å²) in [4.78, 5) is 0. The molecule has 0 aromatic carbocycles. The maximum atomic E-state index is 8.74. The van der Waals surface area contributed by atoms with Crippen LogP contribution in [0.5, 0.6) is 0 Å². The van der Waals surface area contributed by atoms with Gasteiger partial charge in [0.2, 0.25) is 0 Å². The van der Waals surface area contributed by atoms with E-state index in [1.54, 1.807) is 6.26 Å². The zero-order chi connectivity index (χ0) is 19.9. The monoisotopic (exact) mass is 418 g/mol. The van der Waals surface area contributed by atoms with Gasteiger partial charge in [0.05, 0.1) is 12.9 Å². The molecule has 0 fully saturated rings. The quantitative estimate of drug-likeness (QED) is 0.121. The molecule has 0 aliphatic carbocycles. The fourth-order valence-electron chi connectivity index (χ4n) is 2.82. The predicted octanol–water partition coefficient (Wildman–Crippen LogP) is 6.11. The van der Waals surface area contributed by atoms with E-state index < -0.39 is 10.4 Å². The minimum atomic E-state index is -4.67. The van der Waals surface area contributed by atoms with Gasteiger partial charge in [-0.1, -0.05) is 110 Å². The van der Waals surface area contributed by atoms with E-state index in [-0.39, 0.29) is 29.6 Å². The van der Waals surface area contributed by atoms with E-state index in [0.29, 0.717) is 0 Å². The molecule has 0 unspecified atom stereocenters. The van der Waals surface area contributed by atoms with E-state index in [1.165, 1.54) is 103 Å². The SMILES string of the molecule is C=COCCCCCCCCCCCCCCCCCC.O=S(=O)(O)O.[NaH]. The van der Waals surface area contributed by atoms with Gasteiger partial charge in [0.25, 0.3) is 0 Å². The summed E-state index contributed by atoms with van der Waals surface area (Å²) in [5.41, 5.74) is 0. The summed E-state index contributed by atoms with van der Waals surface area (Å²) in [6.45, 7) is 6.69. The van der Waals surface area contributed by atoms with Crippen molar-refractivity contribution in [2.45, 2.75) is 110 Å². The Morgan fingerprint density at radius 1 is 0.704 bits per heavy atom. The summed E-state index contributed by atoms with van der Waals surface area (Å²) < 4.78 is 36.7. The van der Waals surface area contributed by atoms with Crippen LogP contribution in [-0.2, 0) is 15.1 Å². The number of rotatable bonds is 18. The third-order valence-electron chi connectivity index (χ3n) is 4.23. The number of hydrogen-bond donors (Lipinski definition) is 2. The van der Waals surface area contributed by atoms with Crippen LogP contribution in [-0.4, -0.2) is 53.7 Å². The van der Waals surface area contributed by atoms with Gasteiger partial charge in [-0.15, -0.1) is 0 Å². The van der Waals surface area contributed by atoms with Crippen LogP contribution in [0.25, 0.3) is 0 Å². The molecule has 0 heterocycles. The summed E-state index contributed by atoms with van der Waals surface area (Å²) in [6.07, 6.45) is 24.2. The van der Waals surface area contributed by atoms with Crippen LogP contribution in [0.15, 0.2) is 12.8 Å². The van der Waals surface area contributed by atoms with Crippen LogP contribution < -0.4 is 0 Å². The molecule has 2 N–H and O–H groups in total. The normalized spacial score (nSPS) is 10.5. The first kappa shape index (κ1) is 32.1. The van der Waals surface area contributed by atoms with Crippen molar-refractivity contribution in [3.8, 4) is 0 Å². The number of unbranched alkanes of at least 4 members (excludes halogenated alkanes) is 15. The van der Waals surface area contributed by atoms with Gasteiger partial charge in [0.15, 0.2) is 0 Å². The van der Waals surface area contributed by atoms with Crippen molar-refractivity contribution in [3.63, 3.8) is 0 Å². The van der Waals surface area contributed by atoms with E-state index in [0.717, 1.165) is 6.61 Å². The third kappa shape index (κ3) is 46.4. The Hall–Kier alpha value is 0.410. The summed E-state index contributed by atoms with van der Waals surface area (Å²) in [5, 5.41) is 0. The molecular weight excluding hydrogens is 375 g/mol. The average Bonchev–Trinajstić information content (AvgIpc) is 2.56. The van der Waals surface area contributed by atoms with Crippen molar-refractivity contribution in [3.05, 3.63) is 12.8 Å². The van der Waals surface area contributed by atoms with Crippen LogP contribution in [0, 0.1) is 0 Å². The zero-order valence-electron chi connectivity index (χ0n) is 16.8. The molecule has 0 rings (SSSR count). The van der Waals surface area contributed by atoms with Gasteiger partial charge in [-0.2, -0.15) is 8.42 Å².